The number of fused-ring (bicyclic) bond motifs is 3. The van der Waals surface area contributed by atoms with Gasteiger partial charge in [-0.25, -0.2) is 4.98 Å². The molecule has 1 saturated heterocycles. The maximum atomic E-state index is 12.9. The molecular weight excluding hydrogens is 422 g/mol. The first-order chi connectivity index (χ1) is 16.0. The van der Waals surface area contributed by atoms with Crippen LogP contribution in [-0.2, 0) is 16.1 Å². The quantitative estimate of drug-likeness (QED) is 0.626. The first kappa shape index (κ1) is 20.9. The molecule has 0 spiro atoms. The first-order valence-corrected chi connectivity index (χ1v) is 11.0. The lowest BCUT2D eigenvalue weighted by Gasteiger charge is -2.20. The van der Waals surface area contributed by atoms with Gasteiger partial charge < -0.3 is 15.5 Å². The summed E-state index contributed by atoms with van der Waals surface area (Å²) in [5, 5.41) is 6.18. The summed E-state index contributed by atoms with van der Waals surface area (Å²) in [5.74, 6) is -0.596. The Morgan fingerprint density at radius 3 is 2.88 bits per heavy atom. The Morgan fingerprint density at radius 2 is 2.00 bits per heavy atom. The van der Waals surface area contributed by atoms with E-state index in [2.05, 4.69) is 15.6 Å². The predicted molar refractivity (Wildman–Crippen MR) is 123 cm³/mol. The van der Waals surface area contributed by atoms with Crippen LogP contribution in [0.25, 0.3) is 10.9 Å². The number of carbonyl (C=O) groups excluding carboxylic acids is 3. The number of nitrogens with zero attached hydrogens (tertiary/aromatic N) is 3. The van der Waals surface area contributed by atoms with Crippen LogP contribution in [0.2, 0.25) is 0 Å². The Bertz CT molecular complexity index is 1330. The molecule has 0 saturated carbocycles. The summed E-state index contributed by atoms with van der Waals surface area (Å²) in [6, 6.07) is 11.6. The van der Waals surface area contributed by atoms with Crippen LogP contribution in [0.1, 0.15) is 36.0 Å². The second kappa shape index (κ2) is 8.50. The fourth-order valence-corrected chi connectivity index (χ4v) is 4.46. The second-order valence-electron chi connectivity index (χ2n) is 8.32. The van der Waals surface area contributed by atoms with Crippen molar-refractivity contribution in [2.24, 2.45) is 0 Å². The zero-order valence-electron chi connectivity index (χ0n) is 17.9. The molecule has 1 aromatic heterocycles. The minimum absolute atomic E-state index is 0.132. The molecule has 0 aliphatic carbocycles. The average molecular weight is 445 g/mol. The van der Waals surface area contributed by atoms with E-state index in [0.717, 1.165) is 6.42 Å². The number of anilines is 2. The number of amides is 3. The molecule has 3 amide bonds. The Labute approximate surface area is 189 Å². The highest BCUT2D eigenvalue weighted by Crippen LogP contribution is 2.30. The number of hydrogen-bond donors (Lipinski definition) is 2. The summed E-state index contributed by atoms with van der Waals surface area (Å²) in [5.41, 5.74) is 1.83. The van der Waals surface area contributed by atoms with Gasteiger partial charge in [0.15, 0.2) is 0 Å². The monoisotopic (exact) mass is 445 g/mol. The molecule has 168 valence electrons. The van der Waals surface area contributed by atoms with Crippen molar-refractivity contribution in [2.75, 3.05) is 17.2 Å². The van der Waals surface area contributed by atoms with Crippen LogP contribution in [0.5, 0.6) is 0 Å². The summed E-state index contributed by atoms with van der Waals surface area (Å²) < 4.78 is 1.51. The van der Waals surface area contributed by atoms with Gasteiger partial charge in [-0.1, -0.05) is 12.1 Å². The molecule has 0 radical (unpaired) electrons. The standard InChI is InChI=1S/C24H23N5O4/c30-21(8-4-11-28-14-25-18-6-2-1-5-16(18)23(28)32)26-15-9-10-19-17(13-15)24(33)29-12-3-7-20(29)22(31)27-19/h1-2,5-6,9-10,13-14,20H,3-4,7-8,11-12H2,(H,26,30)(H,27,31). The SMILES string of the molecule is O=C(CCCn1cnc2ccccc2c1=O)Nc1ccc2c(c1)C(=O)N1CCCC1C(=O)N2. The fourth-order valence-electron chi connectivity index (χ4n) is 4.46. The third-order valence-corrected chi connectivity index (χ3v) is 6.14. The van der Waals surface area contributed by atoms with Gasteiger partial charge in [-0.15, -0.1) is 0 Å². The number of aryl methyl sites for hydroxylation is 1. The molecule has 1 atom stereocenters. The second-order valence-corrected chi connectivity index (χ2v) is 8.32. The van der Waals surface area contributed by atoms with Gasteiger partial charge >= 0.3 is 0 Å². The first-order valence-electron chi connectivity index (χ1n) is 11.0. The van der Waals surface area contributed by atoms with Crippen molar-refractivity contribution < 1.29 is 14.4 Å². The largest absolute Gasteiger partial charge is 0.327 e. The molecule has 3 aromatic rings. The normalized spacial score (nSPS) is 17.3. The third kappa shape index (κ3) is 3.97. The summed E-state index contributed by atoms with van der Waals surface area (Å²) in [7, 11) is 0. The molecule has 0 bridgehead atoms. The minimum Gasteiger partial charge on any atom is -0.327 e. The topological polar surface area (TPSA) is 113 Å². The molecule has 9 nitrogen and oxygen atoms in total. The van der Waals surface area contributed by atoms with E-state index in [1.165, 1.54) is 10.9 Å². The molecule has 5 rings (SSSR count). The lowest BCUT2D eigenvalue weighted by atomic mass is 10.1. The van der Waals surface area contributed by atoms with Crippen molar-refractivity contribution in [1.82, 2.24) is 14.5 Å². The molecule has 1 fully saturated rings. The molecule has 9 heteroatoms. The maximum Gasteiger partial charge on any atom is 0.261 e. The molecule has 2 aliphatic rings. The van der Waals surface area contributed by atoms with Gasteiger partial charge in [0, 0.05) is 25.2 Å². The van der Waals surface area contributed by atoms with E-state index in [-0.39, 0.29) is 29.7 Å². The maximum absolute atomic E-state index is 12.9. The van der Waals surface area contributed by atoms with Crippen LogP contribution in [0, 0.1) is 0 Å². The van der Waals surface area contributed by atoms with Gasteiger partial charge in [-0.3, -0.25) is 23.7 Å². The Morgan fingerprint density at radius 1 is 1.15 bits per heavy atom. The van der Waals surface area contributed by atoms with Gasteiger partial charge in [0.25, 0.3) is 11.5 Å². The van der Waals surface area contributed by atoms with Gasteiger partial charge in [0.1, 0.15) is 6.04 Å². The van der Waals surface area contributed by atoms with Crippen LogP contribution < -0.4 is 16.2 Å². The number of rotatable bonds is 5. The van der Waals surface area contributed by atoms with Gasteiger partial charge in [0.05, 0.1) is 28.5 Å². The zero-order chi connectivity index (χ0) is 22.9. The van der Waals surface area contributed by atoms with Gasteiger partial charge in [-0.05, 0) is 49.6 Å². The highest BCUT2D eigenvalue weighted by Gasteiger charge is 2.38. The van der Waals surface area contributed by atoms with Crippen molar-refractivity contribution in [3.8, 4) is 0 Å². The van der Waals surface area contributed by atoms with E-state index in [0.29, 0.717) is 53.8 Å². The number of benzene rings is 2. The van der Waals surface area contributed by atoms with E-state index in [4.69, 9.17) is 0 Å². The number of para-hydroxylation sites is 1. The smallest absolute Gasteiger partial charge is 0.261 e. The average Bonchev–Trinajstić information content (AvgIpc) is 3.28. The number of hydrogen-bond acceptors (Lipinski definition) is 5. The number of aromatic nitrogens is 2. The number of nitrogens with one attached hydrogen (secondary N) is 2. The van der Waals surface area contributed by atoms with Crippen LogP contribution >= 0.6 is 0 Å². The Balaban J connectivity index is 1.24. The van der Waals surface area contributed by atoms with Crippen molar-refractivity contribution in [1.29, 1.82) is 0 Å². The van der Waals surface area contributed by atoms with Gasteiger partial charge in [-0.2, -0.15) is 0 Å². The molecule has 2 N–H and O–H groups in total. The highest BCUT2D eigenvalue weighted by atomic mass is 16.2. The van der Waals surface area contributed by atoms with Crippen molar-refractivity contribution in [2.45, 2.75) is 38.3 Å². The van der Waals surface area contributed by atoms with E-state index in [1.807, 2.05) is 6.07 Å². The zero-order valence-corrected chi connectivity index (χ0v) is 17.9. The molecular formula is C24H23N5O4. The molecule has 33 heavy (non-hydrogen) atoms. The van der Waals surface area contributed by atoms with Gasteiger partial charge in [0.2, 0.25) is 11.8 Å². The molecule has 2 aliphatic heterocycles. The lowest BCUT2D eigenvalue weighted by Crippen LogP contribution is -2.40. The minimum atomic E-state index is -0.434. The van der Waals surface area contributed by atoms with Crippen LogP contribution in [0.3, 0.4) is 0 Å². The van der Waals surface area contributed by atoms with E-state index < -0.39 is 6.04 Å². The van der Waals surface area contributed by atoms with E-state index >= 15 is 0 Å². The van der Waals surface area contributed by atoms with E-state index in [9.17, 15) is 19.2 Å². The van der Waals surface area contributed by atoms with Crippen LogP contribution in [0.15, 0.2) is 53.6 Å². The summed E-state index contributed by atoms with van der Waals surface area (Å²) >= 11 is 0. The van der Waals surface area contributed by atoms with Crippen molar-refractivity contribution in [3.63, 3.8) is 0 Å². The van der Waals surface area contributed by atoms with E-state index in [1.54, 1.807) is 41.3 Å². The van der Waals surface area contributed by atoms with Crippen molar-refractivity contribution in [3.05, 3.63) is 64.7 Å². The Hall–Kier alpha value is -4.01. The summed E-state index contributed by atoms with van der Waals surface area (Å²) in [4.78, 5) is 56.2. The van der Waals surface area contributed by atoms with Crippen LogP contribution in [-0.4, -0.2) is 44.8 Å². The van der Waals surface area contributed by atoms with Crippen molar-refractivity contribution >= 4 is 40.0 Å². The molecule has 3 heterocycles. The third-order valence-electron chi connectivity index (χ3n) is 6.14. The number of carbonyl (C=O) groups is 3. The summed E-state index contributed by atoms with van der Waals surface area (Å²) in [6.45, 7) is 0.922. The fraction of sp³-hybridized carbons (Fsp3) is 0.292. The van der Waals surface area contributed by atoms with Crippen LogP contribution in [0.4, 0.5) is 11.4 Å². The predicted octanol–water partition coefficient (Wildman–Crippen LogP) is 2.37. The Kier molecular flexibility index (Phi) is 5.37. The lowest BCUT2D eigenvalue weighted by molar-refractivity contribution is -0.119. The molecule has 2 aromatic carbocycles. The highest BCUT2D eigenvalue weighted by molar-refractivity contribution is 6.11. The molecule has 1 unspecified atom stereocenters. The summed E-state index contributed by atoms with van der Waals surface area (Å²) in [6.07, 6.45) is 3.62.